The maximum Gasteiger partial charge on any atom is 0.0542 e. The maximum atomic E-state index is 9.47. The van der Waals surface area contributed by atoms with Crippen molar-refractivity contribution in [3.8, 4) is 0 Å². The molecular formula is C11H22O. The molecule has 2 unspecified atom stereocenters. The zero-order chi connectivity index (χ0) is 9.72. The van der Waals surface area contributed by atoms with Crippen LogP contribution in [0.3, 0.4) is 0 Å². The first-order valence-corrected chi connectivity index (χ1v) is 4.77. The normalized spacial score (nSPS) is 16.2. The van der Waals surface area contributed by atoms with Crippen LogP contribution in [-0.2, 0) is 0 Å². The monoisotopic (exact) mass is 170 g/mol. The molecule has 0 aromatic heterocycles. The smallest absolute Gasteiger partial charge is 0.0542 e. The highest BCUT2D eigenvalue weighted by atomic mass is 16.3. The summed E-state index contributed by atoms with van der Waals surface area (Å²) >= 11 is 0. The molecule has 0 aliphatic heterocycles. The van der Waals surface area contributed by atoms with E-state index in [4.69, 9.17) is 0 Å². The highest BCUT2D eigenvalue weighted by Crippen LogP contribution is 2.22. The molecule has 0 aliphatic carbocycles. The number of aliphatic hydroxyl groups excluding tert-OH is 1. The first kappa shape index (κ1) is 11.7. The van der Waals surface area contributed by atoms with Crippen molar-refractivity contribution >= 4 is 0 Å². The zero-order valence-electron chi connectivity index (χ0n) is 8.80. The Bertz CT molecular complexity index is 128. The molecule has 1 N–H and O–H groups in total. The SMILES string of the molecule is C=C(C)CCC(C(C)C)C(C)O. The van der Waals surface area contributed by atoms with Crippen molar-refractivity contribution < 1.29 is 5.11 Å². The largest absolute Gasteiger partial charge is 0.393 e. The van der Waals surface area contributed by atoms with E-state index < -0.39 is 0 Å². The Morgan fingerprint density at radius 2 is 1.83 bits per heavy atom. The first-order valence-electron chi connectivity index (χ1n) is 4.77. The minimum absolute atomic E-state index is 0.190. The fourth-order valence-electron chi connectivity index (χ4n) is 1.54. The molecule has 0 rings (SSSR count). The summed E-state index contributed by atoms with van der Waals surface area (Å²) < 4.78 is 0. The van der Waals surface area contributed by atoms with Gasteiger partial charge < -0.3 is 5.11 Å². The average Bonchev–Trinajstić information content (AvgIpc) is 1.84. The standard InChI is InChI=1S/C11H22O/c1-8(2)6-7-11(9(3)4)10(5)12/h9-12H,1,6-7H2,2-5H3. The lowest BCUT2D eigenvalue weighted by Crippen LogP contribution is -2.22. The Kier molecular flexibility index (Phi) is 5.23. The fourth-order valence-corrected chi connectivity index (χ4v) is 1.54. The van der Waals surface area contributed by atoms with Crippen LogP contribution in [0.25, 0.3) is 0 Å². The van der Waals surface area contributed by atoms with E-state index >= 15 is 0 Å². The van der Waals surface area contributed by atoms with E-state index in [2.05, 4.69) is 20.4 Å². The Balaban J connectivity index is 3.88. The van der Waals surface area contributed by atoms with Gasteiger partial charge in [0.25, 0.3) is 0 Å². The lowest BCUT2D eigenvalue weighted by atomic mass is 9.86. The number of allylic oxidation sites excluding steroid dienone is 1. The van der Waals surface area contributed by atoms with Crippen LogP contribution in [0.4, 0.5) is 0 Å². The van der Waals surface area contributed by atoms with Gasteiger partial charge in [-0.05, 0) is 38.5 Å². The van der Waals surface area contributed by atoms with E-state index in [0.717, 1.165) is 12.8 Å². The minimum Gasteiger partial charge on any atom is -0.393 e. The molecular weight excluding hydrogens is 148 g/mol. The van der Waals surface area contributed by atoms with Crippen LogP contribution in [0.1, 0.15) is 40.5 Å². The van der Waals surface area contributed by atoms with Gasteiger partial charge >= 0.3 is 0 Å². The zero-order valence-corrected chi connectivity index (χ0v) is 8.80. The van der Waals surface area contributed by atoms with Crippen LogP contribution in [0.5, 0.6) is 0 Å². The van der Waals surface area contributed by atoms with Gasteiger partial charge in [-0.15, -0.1) is 6.58 Å². The van der Waals surface area contributed by atoms with Crippen molar-refractivity contribution in [3.63, 3.8) is 0 Å². The number of hydrogen-bond acceptors (Lipinski definition) is 1. The van der Waals surface area contributed by atoms with E-state index in [1.54, 1.807) is 0 Å². The molecule has 0 aliphatic rings. The molecule has 1 heteroatoms. The predicted molar refractivity (Wildman–Crippen MR) is 54.1 cm³/mol. The van der Waals surface area contributed by atoms with Gasteiger partial charge in [-0.1, -0.05) is 19.4 Å². The predicted octanol–water partition coefficient (Wildman–Crippen LogP) is 3.00. The topological polar surface area (TPSA) is 20.2 Å². The van der Waals surface area contributed by atoms with Crippen molar-refractivity contribution in [2.45, 2.75) is 46.6 Å². The van der Waals surface area contributed by atoms with Crippen LogP contribution in [0, 0.1) is 11.8 Å². The second kappa shape index (κ2) is 5.36. The molecule has 0 bridgehead atoms. The third kappa shape index (κ3) is 4.55. The summed E-state index contributed by atoms with van der Waals surface area (Å²) in [5, 5.41) is 9.47. The fraction of sp³-hybridized carbons (Fsp3) is 0.818. The van der Waals surface area contributed by atoms with Gasteiger partial charge in [0.05, 0.1) is 6.10 Å². The molecule has 0 saturated heterocycles. The van der Waals surface area contributed by atoms with Crippen LogP contribution < -0.4 is 0 Å². The lowest BCUT2D eigenvalue weighted by Gasteiger charge is -2.23. The van der Waals surface area contributed by atoms with Crippen molar-refractivity contribution in [2.75, 3.05) is 0 Å². The van der Waals surface area contributed by atoms with Crippen molar-refractivity contribution in [1.29, 1.82) is 0 Å². The Labute approximate surface area is 76.5 Å². The molecule has 0 aromatic carbocycles. The first-order chi connectivity index (χ1) is 5.45. The summed E-state index contributed by atoms with van der Waals surface area (Å²) in [5.41, 5.74) is 1.21. The summed E-state index contributed by atoms with van der Waals surface area (Å²) in [7, 11) is 0. The summed E-state index contributed by atoms with van der Waals surface area (Å²) in [6.07, 6.45) is 1.91. The van der Waals surface area contributed by atoms with E-state index in [1.807, 2.05) is 13.8 Å². The van der Waals surface area contributed by atoms with Gasteiger partial charge in [-0.3, -0.25) is 0 Å². The molecule has 0 fully saturated rings. The van der Waals surface area contributed by atoms with E-state index in [0.29, 0.717) is 11.8 Å². The van der Waals surface area contributed by atoms with Gasteiger partial charge in [0.1, 0.15) is 0 Å². The number of hydrogen-bond donors (Lipinski definition) is 1. The number of rotatable bonds is 5. The van der Waals surface area contributed by atoms with E-state index in [-0.39, 0.29) is 6.10 Å². The lowest BCUT2D eigenvalue weighted by molar-refractivity contribution is 0.0922. The summed E-state index contributed by atoms with van der Waals surface area (Å²) in [6.45, 7) is 12.1. The van der Waals surface area contributed by atoms with Gasteiger partial charge in [0.15, 0.2) is 0 Å². The Hall–Kier alpha value is -0.300. The van der Waals surface area contributed by atoms with Crippen molar-refractivity contribution in [3.05, 3.63) is 12.2 Å². The molecule has 12 heavy (non-hydrogen) atoms. The molecule has 0 aromatic rings. The third-order valence-electron chi connectivity index (χ3n) is 2.38. The quantitative estimate of drug-likeness (QED) is 0.629. The van der Waals surface area contributed by atoms with E-state index in [1.165, 1.54) is 5.57 Å². The van der Waals surface area contributed by atoms with Crippen LogP contribution in [-0.4, -0.2) is 11.2 Å². The van der Waals surface area contributed by atoms with Crippen molar-refractivity contribution in [1.82, 2.24) is 0 Å². The van der Waals surface area contributed by atoms with Gasteiger partial charge in [-0.2, -0.15) is 0 Å². The second-order valence-corrected chi connectivity index (χ2v) is 4.14. The molecule has 2 atom stereocenters. The second-order valence-electron chi connectivity index (χ2n) is 4.14. The Morgan fingerprint density at radius 3 is 2.08 bits per heavy atom. The maximum absolute atomic E-state index is 9.47. The van der Waals surface area contributed by atoms with Crippen molar-refractivity contribution in [2.24, 2.45) is 11.8 Å². The van der Waals surface area contributed by atoms with Gasteiger partial charge in [-0.25, -0.2) is 0 Å². The third-order valence-corrected chi connectivity index (χ3v) is 2.38. The molecule has 1 nitrogen and oxygen atoms in total. The van der Waals surface area contributed by atoms with Crippen LogP contribution >= 0.6 is 0 Å². The molecule has 0 radical (unpaired) electrons. The van der Waals surface area contributed by atoms with E-state index in [9.17, 15) is 5.11 Å². The highest BCUT2D eigenvalue weighted by Gasteiger charge is 2.17. The summed E-state index contributed by atoms with van der Waals surface area (Å²) in [6, 6.07) is 0. The molecule has 0 heterocycles. The van der Waals surface area contributed by atoms with Crippen LogP contribution in [0.2, 0.25) is 0 Å². The van der Waals surface area contributed by atoms with Crippen LogP contribution in [0.15, 0.2) is 12.2 Å². The average molecular weight is 170 g/mol. The molecule has 0 amide bonds. The number of aliphatic hydroxyl groups is 1. The summed E-state index contributed by atoms with van der Waals surface area (Å²) in [4.78, 5) is 0. The van der Waals surface area contributed by atoms with Gasteiger partial charge in [0, 0.05) is 0 Å². The Morgan fingerprint density at radius 1 is 1.33 bits per heavy atom. The highest BCUT2D eigenvalue weighted by molar-refractivity contribution is 4.89. The van der Waals surface area contributed by atoms with Gasteiger partial charge in [0.2, 0.25) is 0 Å². The molecule has 0 spiro atoms. The molecule has 72 valence electrons. The summed E-state index contributed by atoms with van der Waals surface area (Å²) in [5.74, 6) is 0.978. The molecule has 0 saturated carbocycles. The minimum atomic E-state index is -0.190.